The molecule has 0 aliphatic carbocycles. The molecule has 21 heavy (non-hydrogen) atoms. The van der Waals surface area contributed by atoms with Crippen molar-refractivity contribution in [1.82, 2.24) is 14.9 Å². The Labute approximate surface area is 133 Å². The molecular formula is C16H21BrFN3. The minimum Gasteiger partial charge on any atom is -0.338 e. The van der Waals surface area contributed by atoms with Crippen LogP contribution in [0.25, 0.3) is 0 Å². The summed E-state index contributed by atoms with van der Waals surface area (Å²) >= 11 is 3.42. The topological polar surface area (TPSA) is 29.9 Å². The summed E-state index contributed by atoms with van der Waals surface area (Å²) in [6, 6.07) is 5.11. The maximum Gasteiger partial charge on any atom is 0.128 e. The first kappa shape index (κ1) is 16.2. The minimum atomic E-state index is -0.161. The van der Waals surface area contributed by atoms with E-state index in [1.165, 1.54) is 6.07 Å². The fraction of sp³-hybridized carbons (Fsp3) is 0.438. The van der Waals surface area contributed by atoms with Crippen molar-refractivity contribution in [1.29, 1.82) is 0 Å². The van der Waals surface area contributed by atoms with E-state index in [0.29, 0.717) is 5.56 Å². The van der Waals surface area contributed by atoms with E-state index in [9.17, 15) is 4.39 Å². The lowest BCUT2D eigenvalue weighted by Gasteiger charge is -2.20. The molecule has 1 aromatic heterocycles. The van der Waals surface area contributed by atoms with Gasteiger partial charge in [0.2, 0.25) is 0 Å². The molecule has 0 saturated heterocycles. The minimum absolute atomic E-state index is 0.000787. The molecule has 1 unspecified atom stereocenters. The summed E-state index contributed by atoms with van der Waals surface area (Å²) in [4.78, 5) is 4.33. The third kappa shape index (κ3) is 4.38. The van der Waals surface area contributed by atoms with Crippen molar-refractivity contribution < 1.29 is 4.39 Å². The monoisotopic (exact) mass is 353 g/mol. The van der Waals surface area contributed by atoms with Gasteiger partial charge in [0.1, 0.15) is 11.6 Å². The zero-order valence-corrected chi connectivity index (χ0v) is 14.0. The first-order valence-corrected chi connectivity index (χ1v) is 8.05. The molecular weight excluding hydrogens is 333 g/mol. The van der Waals surface area contributed by atoms with Crippen molar-refractivity contribution in [3.8, 4) is 0 Å². The Kier molecular flexibility index (Phi) is 5.94. The average molecular weight is 354 g/mol. The van der Waals surface area contributed by atoms with E-state index in [2.05, 4.69) is 33.2 Å². The van der Waals surface area contributed by atoms with E-state index in [4.69, 9.17) is 0 Å². The van der Waals surface area contributed by atoms with Crippen molar-refractivity contribution >= 4 is 15.9 Å². The van der Waals surface area contributed by atoms with Gasteiger partial charge in [-0.1, -0.05) is 22.9 Å². The van der Waals surface area contributed by atoms with Gasteiger partial charge < -0.3 is 9.88 Å². The van der Waals surface area contributed by atoms with E-state index in [-0.39, 0.29) is 11.9 Å². The van der Waals surface area contributed by atoms with Crippen molar-refractivity contribution in [2.24, 2.45) is 7.05 Å². The number of aromatic nitrogens is 2. The van der Waals surface area contributed by atoms with Crippen LogP contribution < -0.4 is 5.32 Å². The van der Waals surface area contributed by atoms with Crippen LogP contribution in [0, 0.1) is 5.82 Å². The molecule has 114 valence electrons. The normalized spacial score (nSPS) is 12.6. The van der Waals surface area contributed by atoms with Crippen LogP contribution in [0.4, 0.5) is 4.39 Å². The number of rotatable bonds is 7. The van der Waals surface area contributed by atoms with Crippen LogP contribution in [0.5, 0.6) is 0 Å². The molecule has 0 bridgehead atoms. The Morgan fingerprint density at radius 3 is 2.90 bits per heavy atom. The van der Waals surface area contributed by atoms with Crippen LogP contribution in [0.3, 0.4) is 0 Å². The highest BCUT2D eigenvalue weighted by molar-refractivity contribution is 9.10. The summed E-state index contributed by atoms with van der Waals surface area (Å²) in [6.07, 6.45) is 6.39. The number of hydrogen-bond acceptors (Lipinski definition) is 2. The number of nitrogens with one attached hydrogen (secondary N) is 1. The highest BCUT2D eigenvalue weighted by Gasteiger charge is 2.16. The molecule has 1 N–H and O–H groups in total. The van der Waals surface area contributed by atoms with Gasteiger partial charge in [0, 0.05) is 41.9 Å². The third-order valence-electron chi connectivity index (χ3n) is 3.55. The fourth-order valence-electron chi connectivity index (χ4n) is 2.38. The van der Waals surface area contributed by atoms with E-state index >= 15 is 0 Å². The Morgan fingerprint density at radius 1 is 1.43 bits per heavy atom. The molecule has 1 atom stereocenters. The second-order valence-corrected chi connectivity index (χ2v) is 6.08. The molecule has 0 fully saturated rings. The highest BCUT2D eigenvalue weighted by atomic mass is 79.9. The number of benzene rings is 1. The molecule has 5 heteroatoms. The maximum absolute atomic E-state index is 14.1. The van der Waals surface area contributed by atoms with Gasteiger partial charge in [-0.2, -0.15) is 0 Å². The van der Waals surface area contributed by atoms with Gasteiger partial charge in [0.25, 0.3) is 0 Å². The highest BCUT2D eigenvalue weighted by Crippen LogP contribution is 2.25. The first-order chi connectivity index (χ1) is 10.1. The Morgan fingerprint density at radius 2 is 2.24 bits per heavy atom. The van der Waals surface area contributed by atoms with Crippen molar-refractivity contribution in [2.45, 2.75) is 32.2 Å². The summed E-state index contributed by atoms with van der Waals surface area (Å²) in [5.41, 5.74) is 0.715. The molecule has 0 radical (unpaired) electrons. The lowest BCUT2D eigenvalue weighted by Crippen LogP contribution is -2.24. The van der Waals surface area contributed by atoms with Gasteiger partial charge in [-0.15, -0.1) is 0 Å². The predicted molar refractivity (Wildman–Crippen MR) is 86.7 cm³/mol. The fourth-order valence-corrected chi connectivity index (χ4v) is 2.76. The molecule has 1 aromatic carbocycles. The number of aryl methyl sites for hydroxylation is 2. The van der Waals surface area contributed by atoms with Crippen LogP contribution >= 0.6 is 15.9 Å². The van der Waals surface area contributed by atoms with E-state index < -0.39 is 0 Å². The molecule has 0 spiro atoms. The van der Waals surface area contributed by atoms with Crippen LogP contribution in [0.2, 0.25) is 0 Å². The van der Waals surface area contributed by atoms with Gasteiger partial charge >= 0.3 is 0 Å². The molecule has 2 aromatic rings. The molecule has 0 saturated carbocycles. The molecule has 2 rings (SSSR count). The standard InChI is InChI=1S/C16H21BrFN3/c1-3-8-19-15(6-7-16-20-9-10-21(16)2)13-11-12(17)4-5-14(13)18/h4-5,9-11,15,19H,3,6-8H2,1-2H3. The Bertz CT molecular complexity index is 583. The maximum atomic E-state index is 14.1. The quantitative estimate of drug-likeness (QED) is 0.815. The number of halogens is 2. The summed E-state index contributed by atoms with van der Waals surface area (Å²) in [5.74, 6) is 0.861. The van der Waals surface area contributed by atoms with E-state index in [1.54, 1.807) is 12.3 Å². The van der Waals surface area contributed by atoms with Crippen molar-refractivity contribution in [3.63, 3.8) is 0 Å². The van der Waals surface area contributed by atoms with Gasteiger partial charge in [-0.3, -0.25) is 0 Å². The van der Waals surface area contributed by atoms with Crippen LogP contribution in [0.15, 0.2) is 35.1 Å². The van der Waals surface area contributed by atoms with Crippen molar-refractivity contribution in [3.05, 3.63) is 52.3 Å². The van der Waals surface area contributed by atoms with Crippen LogP contribution in [-0.2, 0) is 13.5 Å². The lowest BCUT2D eigenvalue weighted by molar-refractivity contribution is 0.467. The Balaban J connectivity index is 2.13. The third-order valence-corrected chi connectivity index (χ3v) is 4.05. The zero-order valence-electron chi connectivity index (χ0n) is 12.4. The second kappa shape index (κ2) is 7.71. The lowest BCUT2D eigenvalue weighted by atomic mass is 10.0. The smallest absolute Gasteiger partial charge is 0.128 e. The average Bonchev–Trinajstić information content (AvgIpc) is 2.87. The molecule has 0 aliphatic rings. The van der Waals surface area contributed by atoms with Gasteiger partial charge in [0.15, 0.2) is 0 Å². The van der Waals surface area contributed by atoms with E-state index in [0.717, 1.165) is 36.1 Å². The second-order valence-electron chi connectivity index (χ2n) is 5.17. The summed E-state index contributed by atoms with van der Waals surface area (Å²) in [7, 11) is 1.98. The SMILES string of the molecule is CCCNC(CCc1nccn1C)c1cc(Br)ccc1F. The summed E-state index contributed by atoms with van der Waals surface area (Å²) in [6.45, 7) is 2.98. The predicted octanol–water partition coefficient (Wildman–Crippen LogP) is 4.00. The molecule has 0 aliphatic heterocycles. The van der Waals surface area contributed by atoms with Gasteiger partial charge in [-0.25, -0.2) is 9.37 Å². The molecule has 0 amide bonds. The largest absolute Gasteiger partial charge is 0.338 e. The Hall–Kier alpha value is -1.20. The van der Waals surface area contributed by atoms with Gasteiger partial charge in [-0.05, 0) is 37.6 Å². The summed E-state index contributed by atoms with van der Waals surface area (Å²) < 4.78 is 17.0. The summed E-state index contributed by atoms with van der Waals surface area (Å²) in [5, 5.41) is 3.44. The van der Waals surface area contributed by atoms with E-state index in [1.807, 2.05) is 23.9 Å². The molecule has 1 heterocycles. The zero-order chi connectivity index (χ0) is 15.2. The van der Waals surface area contributed by atoms with Crippen molar-refractivity contribution in [2.75, 3.05) is 6.54 Å². The van der Waals surface area contributed by atoms with Crippen LogP contribution in [-0.4, -0.2) is 16.1 Å². The van der Waals surface area contributed by atoms with Crippen LogP contribution in [0.1, 0.15) is 37.2 Å². The number of nitrogens with zero attached hydrogens (tertiary/aromatic N) is 2. The molecule has 3 nitrogen and oxygen atoms in total. The first-order valence-electron chi connectivity index (χ1n) is 7.26. The number of imidazole rings is 1. The van der Waals surface area contributed by atoms with Gasteiger partial charge in [0.05, 0.1) is 0 Å². The number of hydrogen-bond donors (Lipinski definition) is 1.